The van der Waals surface area contributed by atoms with Gasteiger partial charge in [-0.05, 0) is 24.3 Å². The monoisotopic (exact) mass is 313 g/mol. The molecule has 1 fully saturated rings. The number of carbonyl (C=O) groups is 1. The fourth-order valence-corrected chi connectivity index (χ4v) is 2.01. The molecule has 1 heterocycles. The van der Waals surface area contributed by atoms with E-state index in [0.29, 0.717) is 23.9 Å². The molecule has 0 aromatic heterocycles. The van der Waals surface area contributed by atoms with E-state index in [-0.39, 0.29) is 24.9 Å². The molecule has 7 nitrogen and oxygen atoms in total. The second kappa shape index (κ2) is 7.14. The third kappa shape index (κ3) is 4.24. The van der Waals surface area contributed by atoms with Gasteiger partial charge in [-0.3, -0.25) is 4.79 Å². The van der Waals surface area contributed by atoms with Crippen LogP contribution in [-0.2, 0) is 9.53 Å². The van der Waals surface area contributed by atoms with E-state index in [4.69, 9.17) is 32.0 Å². The number of hydrogen-bond acceptors (Lipinski definition) is 5. The van der Waals surface area contributed by atoms with Gasteiger partial charge in [-0.15, -0.1) is 0 Å². The van der Waals surface area contributed by atoms with Crippen molar-refractivity contribution in [1.82, 2.24) is 4.90 Å². The molecule has 1 aliphatic rings. The van der Waals surface area contributed by atoms with Crippen LogP contribution in [0.2, 0.25) is 5.02 Å². The van der Waals surface area contributed by atoms with E-state index >= 15 is 0 Å². The Kier molecular flexibility index (Phi) is 5.24. The van der Waals surface area contributed by atoms with Crippen LogP contribution in [-0.4, -0.2) is 54.3 Å². The molecule has 1 unspecified atom stereocenters. The third-order valence-corrected chi connectivity index (χ3v) is 3.29. The van der Waals surface area contributed by atoms with E-state index in [9.17, 15) is 4.79 Å². The summed E-state index contributed by atoms with van der Waals surface area (Å²) in [7, 11) is 0. The molecule has 1 amide bonds. The summed E-state index contributed by atoms with van der Waals surface area (Å²) in [5.74, 6) is 0.323. The summed E-state index contributed by atoms with van der Waals surface area (Å²) < 4.78 is 10.7. The molecule has 1 atom stereocenters. The Morgan fingerprint density at radius 2 is 2.24 bits per heavy atom. The lowest BCUT2D eigenvalue weighted by Crippen LogP contribution is -2.51. The molecule has 1 saturated heterocycles. The zero-order chi connectivity index (χ0) is 15.2. The molecule has 1 aromatic rings. The van der Waals surface area contributed by atoms with E-state index in [0.717, 1.165) is 0 Å². The minimum absolute atomic E-state index is 0.0499. The van der Waals surface area contributed by atoms with Crippen LogP contribution in [0, 0.1) is 0 Å². The molecule has 1 aromatic carbocycles. The number of benzene rings is 1. The highest BCUT2D eigenvalue weighted by Gasteiger charge is 2.27. The number of carbonyl (C=O) groups excluding carboxylic acids is 1. The highest BCUT2D eigenvalue weighted by Crippen LogP contribution is 2.15. The van der Waals surface area contributed by atoms with Crippen LogP contribution in [0.1, 0.15) is 0 Å². The Balaban J connectivity index is 1.86. The largest absolute Gasteiger partial charge is 0.484 e. The molecule has 0 bridgehead atoms. The van der Waals surface area contributed by atoms with Crippen molar-refractivity contribution in [2.45, 2.75) is 6.10 Å². The number of ether oxygens (including phenoxy) is 2. The van der Waals surface area contributed by atoms with Crippen LogP contribution >= 0.6 is 11.6 Å². The van der Waals surface area contributed by atoms with Gasteiger partial charge in [0.2, 0.25) is 0 Å². The number of rotatable bonds is 4. The Morgan fingerprint density at radius 3 is 2.90 bits per heavy atom. The maximum absolute atomic E-state index is 12.1. The lowest BCUT2D eigenvalue weighted by molar-refractivity contribution is -0.138. The molecule has 114 valence electrons. The number of nitrogens with zero attached hydrogens (tertiary/aromatic N) is 2. The topological polar surface area (TPSA) is 97.4 Å². The fourth-order valence-electron chi connectivity index (χ4n) is 1.89. The molecular weight excluding hydrogens is 298 g/mol. The minimum Gasteiger partial charge on any atom is -0.484 e. The van der Waals surface area contributed by atoms with E-state index in [1.165, 1.54) is 0 Å². The first-order chi connectivity index (χ1) is 10.1. The maximum atomic E-state index is 12.1. The zero-order valence-electron chi connectivity index (χ0n) is 11.2. The van der Waals surface area contributed by atoms with Crippen LogP contribution in [0.4, 0.5) is 0 Å². The van der Waals surface area contributed by atoms with Gasteiger partial charge in [0.25, 0.3) is 5.91 Å². The van der Waals surface area contributed by atoms with Crippen molar-refractivity contribution in [2.75, 3.05) is 26.3 Å². The van der Waals surface area contributed by atoms with Gasteiger partial charge in [0, 0.05) is 11.6 Å². The molecule has 3 N–H and O–H groups in total. The van der Waals surface area contributed by atoms with Crippen molar-refractivity contribution in [2.24, 2.45) is 10.9 Å². The number of hydrogen-bond donors (Lipinski definition) is 2. The first kappa shape index (κ1) is 15.4. The molecule has 8 heteroatoms. The lowest BCUT2D eigenvalue weighted by Gasteiger charge is -2.32. The molecular formula is C13H16ClN3O4. The summed E-state index contributed by atoms with van der Waals surface area (Å²) in [4.78, 5) is 13.6. The van der Waals surface area contributed by atoms with Gasteiger partial charge in [-0.1, -0.05) is 16.8 Å². The van der Waals surface area contributed by atoms with Gasteiger partial charge in [0.15, 0.2) is 12.4 Å². The molecule has 0 radical (unpaired) electrons. The Labute approximate surface area is 126 Å². The average molecular weight is 314 g/mol. The highest BCUT2D eigenvalue weighted by molar-refractivity contribution is 6.30. The standard InChI is InChI=1S/C13H16ClN3O4/c14-9-1-3-10(4-2-9)21-8-12(18)17-5-6-20-11(7-17)13(15)16-19/h1-4,11,19H,5-8H2,(H2,15,16). The van der Waals surface area contributed by atoms with Crippen LogP contribution in [0.25, 0.3) is 0 Å². The van der Waals surface area contributed by atoms with Crippen molar-refractivity contribution in [1.29, 1.82) is 0 Å². The molecule has 1 aliphatic heterocycles. The van der Waals surface area contributed by atoms with Gasteiger partial charge >= 0.3 is 0 Å². The first-order valence-electron chi connectivity index (χ1n) is 6.35. The number of amides is 1. The van der Waals surface area contributed by atoms with Crippen LogP contribution in [0.5, 0.6) is 5.75 Å². The second-order valence-corrected chi connectivity index (χ2v) is 4.90. The normalized spacial score (nSPS) is 19.4. The number of oxime groups is 1. The van der Waals surface area contributed by atoms with Gasteiger partial charge < -0.3 is 25.3 Å². The zero-order valence-corrected chi connectivity index (χ0v) is 12.0. The van der Waals surface area contributed by atoms with Crippen LogP contribution in [0.15, 0.2) is 29.4 Å². The van der Waals surface area contributed by atoms with Crippen molar-refractivity contribution in [3.63, 3.8) is 0 Å². The predicted molar refractivity (Wildman–Crippen MR) is 76.7 cm³/mol. The molecule has 0 spiro atoms. The third-order valence-electron chi connectivity index (χ3n) is 3.04. The molecule has 2 rings (SSSR count). The summed E-state index contributed by atoms with van der Waals surface area (Å²) in [6.07, 6.45) is -0.594. The quantitative estimate of drug-likeness (QED) is 0.369. The summed E-state index contributed by atoms with van der Waals surface area (Å²) in [5.41, 5.74) is 5.48. The van der Waals surface area contributed by atoms with E-state index in [1.807, 2.05) is 0 Å². The fraction of sp³-hybridized carbons (Fsp3) is 0.385. The van der Waals surface area contributed by atoms with Crippen molar-refractivity contribution >= 4 is 23.3 Å². The predicted octanol–water partition coefficient (Wildman–Crippen LogP) is 0.693. The summed E-state index contributed by atoms with van der Waals surface area (Å²) >= 11 is 5.77. The second-order valence-electron chi connectivity index (χ2n) is 4.47. The van der Waals surface area contributed by atoms with Gasteiger partial charge in [-0.2, -0.15) is 0 Å². The van der Waals surface area contributed by atoms with Crippen molar-refractivity contribution in [3.05, 3.63) is 29.3 Å². The van der Waals surface area contributed by atoms with E-state index in [2.05, 4.69) is 5.16 Å². The summed E-state index contributed by atoms with van der Waals surface area (Å²) in [6.45, 7) is 0.912. The summed E-state index contributed by atoms with van der Waals surface area (Å²) in [5, 5.41) is 12.1. The van der Waals surface area contributed by atoms with Gasteiger partial charge in [0.1, 0.15) is 11.9 Å². The van der Waals surface area contributed by atoms with E-state index < -0.39 is 6.10 Å². The van der Waals surface area contributed by atoms with Gasteiger partial charge in [0.05, 0.1) is 13.2 Å². The van der Waals surface area contributed by atoms with Crippen molar-refractivity contribution < 1.29 is 19.5 Å². The number of nitrogens with two attached hydrogens (primary N) is 1. The highest BCUT2D eigenvalue weighted by atomic mass is 35.5. The molecule has 0 saturated carbocycles. The first-order valence-corrected chi connectivity index (χ1v) is 6.73. The van der Waals surface area contributed by atoms with Crippen LogP contribution < -0.4 is 10.5 Å². The minimum atomic E-state index is -0.594. The maximum Gasteiger partial charge on any atom is 0.260 e. The molecule has 21 heavy (non-hydrogen) atoms. The molecule has 0 aliphatic carbocycles. The average Bonchev–Trinajstić information content (AvgIpc) is 2.53. The van der Waals surface area contributed by atoms with Crippen molar-refractivity contribution in [3.8, 4) is 5.75 Å². The Morgan fingerprint density at radius 1 is 1.52 bits per heavy atom. The lowest BCUT2D eigenvalue weighted by atomic mass is 10.2. The van der Waals surface area contributed by atoms with E-state index in [1.54, 1.807) is 29.2 Å². The number of amidine groups is 1. The number of morpholine rings is 1. The Bertz CT molecular complexity index is 521. The smallest absolute Gasteiger partial charge is 0.260 e. The SMILES string of the molecule is NC(=NO)C1CN(C(=O)COc2ccc(Cl)cc2)CCO1. The number of halogens is 1. The Hall–Kier alpha value is -1.99. The van der Waals surface area contributed by atoms with Crippen LogP contribution in [0.3, 0.4) is 0 Å². The van der Waals surface area contributed by atoms with Gasteiger partial charge in [-0.25, -0.2) is 0 Å². The summed E-state index contributed by atoms with van der Waals surface area (Å²) in [6, 6.07) is 6.75.